The molecule has 0 spiro atoms. The van der Waals surface area contributed by atoms with Gasteiger partial charge in [-0.2, -0.15) is 0 Å². The Balaban J connectivity index is 1.83. The van der Waals surface area contributed by atoms with E-state index in [1.165, 1.54) is 11.3 Å². The van der Waals surface area contributed by atoms with E-state index in [4.69, 9.17) is 0 Å². The summed E-state index contributed by atoms with van der Waals surface area (Å²) in [5.41, 5.74) is -0.0989. The van der Waals surface area contributed by atoms with Gasteiger partial charge < -0.3 is 10.0 Å². The summed E-state index contributed by atoms with van der Waals surface area (Å²) in [5, 5.41) is 10.5. The van der Waals surface area contributed by atoms with Crippen molar-refractivity contribution >= 4 is 11.9 Å². The number of benzene rings is 1. The zero-order valence-electron chi connectivity index (χ0n) is 15.3. The van der Waals surface area contributed by atoms with Crippen molar-refractivity contribution in [2.75, 3.05) is 13.6 Å². The number of rotatable bonds is 4. The minimum absolute atomic E-state index is 0.00269. The number of carbonyl (C=O) groups is 2. The molecular weight excluding hydrogens is 316 g/mol. The van der Waals surface area contributed by atoms with Crippen molar-refractivity contribution in [3.63, 3.8) is 0 Å². The molecule has 4 atom stereocenters. The molecule has 1 aromatic rings. The lowest BCUT2D eigenvalue weighted by atomic mass is 9.69. The van der Waals surface area contributed by atoms with E-state index in [0.717, 1.165) is 19.3 Å². The summed E-state index contributed by atoms with van der Waals surface area (Å²) in [6.07, 6.45) is 3.49. The Kier molecular flexibility index (Phi) is 4.87. The van der Waals surface area contributed by atoms with Gasteiger partial charge in [0, 0.05) is 7.05 Å². The van der Waals surface area contributed by atoms with Crippen LogP contribution >= 0.6 is 0 Å². The molecule has 0 bridgehead atoms. The fourth-order valence-electron chi connectivity index (χ4n) is 4.56. The average Bonchev–Trinajstić information content (AvgIpc) is 2.79. The molecule has 25 heavy (non-hydrogen) atoms. The molecule has 1 aromatic carbocycles. The first kappa shape index (κ1) is 17.9. The number of urea groups is 1. The fourth-order valence-corrected chi connectivity index (χ4v) is 4.56. The number of likely N-dealkylation sites (N-methyl/N-ethyl adjacent to an activating group) is 1. The topological polar surface area (TPSA) is 60.9 Å². The standard InChI is InChI=1S/C20H28N2O3/c1-14-9-7-8-12-16(14)20(2)18(24)22(19(25)21(20)3)13-17(23)15-10-5-4-6-11-15/h4-6,10-11,14,16-17,23H,7-9,12-13H2,1-3H3. The van der Waals surface area contributed by atoms with Gasteiger partial charge in [0.1, 0.15) is 5.54 Å². The fraction of sp³-hybridized carbons (Fsp3) is 0.600. The van der Waals surface area contributed by atoms with Gasteiger partial charge in [-0.3, -0.25) is 9.69 Å². The number of nitrogens with zero attached hydrogens (tertiary/aromatic N) is 2. The zero-order valence-corrected chi connectivity index (χ0v) is 15.3. The highest BCUT2D eigenvalue weighted by Gasteiger charge is 2.57. The third-order valence-electron chi connectivity index (χ3n) is 6.27. The largest absolute Gasteiger partial charge is 0.387 e. The first-order valence-electron chi connectivity index (χ1n) is 9.20. The minimum atomic E-state index is -0.867. The van der Waals surface area contributed by atoms with E-state index in [1.54, 1.807) is 11.9 Å². The third kappa shape index (κ3) is 2.95. The predicted octanol–water partition coefficient (Wildman–Crippen LogP) is 3.20. The second kappa shape index (κ2) is 6.79. The summed E-state index contributed by atoms with van der Waals surface area (Å²) in [5.74, 6) is 0.409. The molecule has 1 heterocycles. The summed E-state index contributed by atoms with van der Waals surface area (Å²) in [4.78, 5) is 28.8. The SMILES string of the molecule is CC1CCCCC1C1(C)C(=O)N(CC(O)c2ccccc2)C(=O)N1C. The summed E-state index contributed by atoms with van der Waals surface area (Å²) < 4.78 is 0. The number of β-amino-alcohol motifs (C(OH)–C–C–N with tert-alkyl or cyclic N) is 1. The highest BCUT2D eigenvalue weighted by molar-refractivity contribution is 6.07. The minimum Gasteiger partial charge on any atom is -0.387 e. The maximum absolute atomic E-state index is 13.2. The number of hydrogen-bond acceptors (Lipinski definition) is 3. The van der Waals surface area contributed by atoms with E-state index in [9.17, 15) is 14.7 Å². The molecule has 2 aliphatic rings. The van der Waals surface area contributed by atoms with Crippen LogP contribution in [0.1, 0.15) is 51.2 Å². The van der Waals surface area contributed by atoms with Crippen molar-refractivity contribution < 1.29 is 14.7 Å². The van der Waals surface area contributed by atoms with Crippen LogP contribution < -0.4 is 0 Å². The summed E-state index contributed by atoms with van der Waals surface area (Å²) in [6.45, 7) is 4.08. The highest BCUT2D eigenvalue weighted by atomic mass is 16.3. The van der Waals surface area contributed by atoms with Crippen molar-refractivity contribution in [2.24, 2.45) is 11.8 Å². The van der Waals surface area contributed by atoms with Crippen molar-refractivity contribution in [1.29, 1.82) is 0 Å². The second-order valence-corrected chi connectivity index (χ2v) is 7.70. The number of imide groups is 1. The average molecular weight is 344 g/mol. The van der Waals surface area contributed by atoms with Gasteiger partial charge in [0.05, 0.1) is 12.6 Å². The molecule has 1 saturated heterocycles. The number of aliphatic hydroxyl groups excluding tert-OH is 1. The van der Waals surface area contributed by atoms with Crippen LogP contribution in [-0.4, -0.2) is 46.0 Å². The first-order valence-corrected chi connectivity index (χ1v) is 9.20. The van der Waals surface area contributed by atoms with Gasteiger partial charge in [0.25, 0.3) is 5.91 Å². The Morgan fingerprint density at radius 2 is 1.84 bits per heavy atom. The van der Waals surface area contributed by atoms with Gasteiger partial charge in [-0.25, -0.2) is 4.79 Å². The van der Waals surface area contributed by atoms with Crippen LogP contribution in [0.2, 0.25) is 0 Å². The van der Waals surface area contributed by atoms with Gasteiger partial charge in [-0.1, -0.05) is 56.5 Å². The van der Waals surface area contributed by atoms with Crippen LogP contribution in [0.25, 0.3) is 0 Å². The van der Waals surface area contributed by atoms with E-state index in [-0.39, 0.29) is 24.4 Å². The maximum atomic E-state index is 13.2. The number of hydrogen-bond donors (Lipinski definition) is 1. The van der Waals surface area contributed by atoms with Crippen molar-refractivity contribution in [3.8, 4) is 0 Å². The molecule has 1 aliphatic carbocycles. The van der Waals surface area contributed by atoms with E-state index in [0.29, 0.717) is 11.5 Å². The lowest BCUT2D eigenvalue weighted by molar-refractivity contribution is -0.137. The molecule has 1 saturated carbocycles. The van der Waals surface area contributed by atoms with Crippen LogP contribution in [0, 0.1) is 11.8 Å². The summed E-state index contributed by atoms with van der Waals surface area (Å²) >= 11 is 0. The molecule has 0 aromatic heterocycles. The molecule has 3 rings (SSSR count). The Hall–Kier alpha value is -1.88. The Labute approximate surface area is 149 Å². The Bertz CT molecular complexity index is 648. The van der Waals surface area contributed by atoms with Crippen LogP contribution in [0.15, 0.2) is 30.3 Å². The van der Waals surface area contributed by atoms with Crippen molar-refractivity contribution in [3.05, 3.63) is 35.9 Å². The molecule has 1 N–H and O–H groups in total. The lowest BCUT2D eigenvalue weighted by Gasteiger charge is -2.42. The molecule has 3 amide bonds. The smallest absolute Gasteiger partial charge is 0.327 e. The molecule has 5 nitrogen and oxygen atoms in total. The monoisotopic (exact) mass is 344 g/mol. The second-order valence-electron chi connectivity index (χ2n) is 7.70. The highest BCUT2D eigenvalue weighted by Crippen LogP contribution is 2.44. The zero-order chi connectivity index (χ0) is 18.2. The van der Waals surface area contributed by atoms with Crippen LogP contribution in [-0.2, 0) is 4.79 Å². The Morgan fingerprint density at radius 3 is 2.48 bits per heavy atom. The van der Waals surface area contributed by atoms with Gasteiger partial charge >= 0.3 is 6.03 Å². The van der Waals surface area contributed by atoms with E-state index < -0.39 is 11.6 Å². The summed E-state index contributed by atoms with van der Waals surface area (Å²) in [6, 6.07) is 8.86. The van der Waals surface area contributed by atoms with Gasteiger partial charge in [-0.15, -0.1) is 0 Å². The van der Waals surface area contributed by atoms with E-state index in [2.05, 4.69) is 6.92 Å². The molecule has 136 valence electrons. The van der Waals surface area contributed by atoms with E-state index in [1.807, 2.05) is 37.3 Å². The van der Waals surface area contributed by atoms with Gasteiger partial charge in [0.2, 0.25) is 0 Å². The third-order valence-corrected chi connectivity index (χ3v) is 6.27. The number of carbonyl (C=O) groups excluding carboxylic acids is 2. The number of aliphatic hydroxyl groups is 1. The van der Waals surface area contributed by atoms with Gasteiger partial charge in [0.15, 0.2) is 0 Å². The van der Waals surface area contributed by atoms with E-state index >= 15 is 0 Å². The normalized spacial score (nSPS) is 31.5. The molecule has 5 heteroatoms. The molecular formula is C20H28N2O3. The first-order chi connectivity index (χ1) is 11.9. The molecule has 1 aliphatic heterocycles. The van der Waals surface area contributed by atoms with Crippen LogP contribution in [0.4, 0.5) is 4.79 Å². The molecule has 4 unspecified atom stereocenters. The van der Waals surface area contributed by atoms with Crippen molar-refractivity contribution in [2.45, 2.75) is 51.2 Å². The lowest BCUT2D eigenvalue weighted by Crippen LogP contribution is -2.54. The van der Waals surface area contributed by atoms with Crippen molar-refractivity contribution in [1.82, 2.24) is 9.80 Å². The quantitative estimate of drug-likeness (QED) is 0.853. The maximum Gasteiger partial charge on any atom is 0.327 e. The van der Waals surface area contributed by atoms with Gasteiger partial charge in [-0.05, 0) is 30.7 Å². The molecule has 0 radical (unpaired) electrons. The Morgan fingerprint density at radius 1 is 1.20 bits per heavy atom. The predicted molar refractivity (Wildman–Crippen MR) is 95.8 cm³/mol. The summed E-state index contributed by atoms with van der Waals surface area (Å²) in [7, 11) is 1.72. The molecule has 2 fully saturated rings. The number of amides is 3. The van der Waals surface area contributed by atoms with Crippen LogP contribution in [0.3, 0.4) is 0 Å². The van der Waals surface area contributed by atoms with Crippen LogP contribution in [0.5, 0.6) is 0 Å².